The molecule has 7 heteroatoms. The normalized spacial score (nSPS) is 11.4. The minimum absolute atomic E-state index is 0.0994. The van der Waals surface area contributed by atoms with Crippen molar-refractivity contribution in [2.24, 2.45) is 0 Å². The van der Waals surface area contributed by atoms with E-state index in [9.17, 15) is 14.4 Å². The first-order valence-electron chi connectivity index (χ1n) is 7.97. The molecule has 3 N–H and O–H groups in total. The first-order valence-corrected chi connectivity index (χ1v) is 7.97. The molecule has 0 saturated heterocycles. The molecule has 132 valence electrons. The highest BCUT2D eigenvalue weighted by Gasteiger charge is 2.18. The summed E-state index contributed by atoms with van der Waals surface area (Å²) in [5.41, 5.74) is 0.880. The molecule has 7 nitrogen and oxygen atoms in total. The predicted octanol–water partition coefficient (Wildman–Crippen LogP) is 1.38. The Morgan fingerprint density at radius 3 is 2.60 bits per heavy atom. The fourth-order valence-electron chi connectivity index (χ4n) is 2.31. The molecule has 0 fully saturated rings. The number of amides is 2. The van der Waals surface area contributed by atoms with Gasteiger partial charge >= 0.3 is 0 Å². The molecule has 0 aliphatic heterocycles. The molecular formula is C18H21N3O4. The number of hydrogen-bond donors (Lipinski definition) is 3. The van der Waals surface area contributed by atoms with Crippen LogP contribution >= 0.6 is 0 Å². The van der Waals surface area contributed by atoms with Crippen LogP contribution in [0.4, 0.5) is 0 Å². The van der Waals surface area contributed by atoms with Crippen LogP contribution in [-0.2, 0) is 4.79 Å². The summed E-state index contributed by atoms with van der Waals surface area (Å²) in [6.45, 7) is 1.84. The maximum atomic E-state index is 12.4. The molecule has 1 aromatic heterocycles. The largest absolute Gasteiger partial charge is 0.483 e. The predicted molar refractivity (Wildman–Crippen MR) is 93.6 cm³/mol. The smallest absolute Gasteiger partial charge is 0.257 e. The third-order valence-electron chi connectivity index (χ3n) is 3.69. The lowest BCUT2D eigenvalue weighted by Gasteiger charge is -2.20. The summed E-state index contributed by atoms with van der Waals surface area (Å²) >= 11 is 0. The van der Waals surface area contributed by atoms with E-state index in [1.807, 2.05) is 19.1 Å². The number of aromatic amines is 1. The van der Waals surface area contributed by atoms with Crippen molar-refractivity contribution in [1.82, 2.24) is 15.6 Å². The number of rotatable bonds is 7. The Labute approximate surface area is 145 Å². The van der Waals surface area contributed by atoms with Crippen LogP contribution in [0.25, 0.3) is 0 Å². The van der Waals surface area contributed by atoms with E-state index < -0.39 is 0 Å². The number of carbonyl (C=O) groups excluding carboxylic acids is 2. The Balaban J connectivity index is 2.16. The summed E-state index contributed by atoms with van der Waals surface area (Å²) in [6, 6.07) is 9.73. The van der Waals surface area contributed by atoms with Gasteiger partial charge in [-0.05, 0) is 18.6 Å². The van der Waals surface area contributed by atoms with Crippen molar-refractivity contribution in [1.29, 1.82) is 0 Å². The Kier molecular flexibility index (Phi) is 6.33. The highest BCUT2D eigenvalue weighted by molar-refractivity contribution is 5.94. The van der Waals surface area contributed by atoms with Gasteiger partial charge in [-0.3, -0.25) is 14.4 Å². The van der Waals surface area contributed by atoms with Gasteiger partial charge in [-0.2, -0.15) is 0 Å². The quantitative estimate of drug-likeness (QED) is 0.707. The second-order valence-electron chi connectivity index (χ2n) is 5.38. The van der Waals surface area contributed by atoms with Gasteiger partial charge in [0.2, 0.25) is 5.56 Å². The van der Waals surface area contributed by atoms with Gasteiger partial charge in [0.15, 0.2) is 6.61 Å². The molecule has 25 heavy (non-hydrogen) atoms. The first kappa shape index (κ1) is 18.3. The van der Waals surface area contributed by atoms with Crippen molar-refractivity contribution >= 4 is 11.8 Å². The summed E-state index contributed by atoms with van der Waals surface area (Å²) in [4.78, 5) is 37.4. The van der Waals surface area contributed by atoms with E-state index >= 15 is 0 Å². The van der Waals surface area contributed by atoms with Crippen molar-refractivity contribution in [3.63, 3.8) is 0 Å². The molecule has 1 heterocycles. The number of pyridine rings is 1. The first-order chi connectivity index (χ1) is 12.0. The van der Waals surface area contributed by atoms with Gasteiger partial charge < -0.3 is 20.4 Å². The molecule has 0 bridgehead atoms. The lowest BCUT2D eigenvalue weighted by Crippen LogP contribution is -2.29. The Hall–Kier alpha value is -3.09. The van der Waals surface area contributed by atoms with E-state index in [2.05, 4.69) is 15.6 Å². The van der Waals surface area contributed by atoms with Crippen molar-refractivity contribution < 1.29 is 14.3 Å². The minimum Gasteiger partial charge on any atom is -0.483 e. The van der Waals surface area contributed by atoms with Crippen LogP contribution < -0.4 is 20.9 Å². The maximum absolute atomic E-state index is 12.4. The number of likely N-dealkylation sites (N-methyl/N-ethyl adjacent to an activating group) is 1. The van der Waals surface area contributed by atoms with Crippen LogP contribution in [0.15, 0.2) is 47.4 Å². The van der Waals surface area contributed by atoms with Gasteiger partial charge in [0.25, 0.3) is 11.8 Å². The van der Waals surface area contributed by atoms with Gasteiger partial charge in [0.05, 0.1) is 11.6 Å². The number of hydrogen-bond acceptors (Lipinski definition) is 4. The summed E-state index contributed by atoms with van der Waals surface area (Å²) in [5, 5.41) is 5.41. The second-order valence-corrected chi connectivity index (χ2v) is 5.38. The van der Waals surface area contributed by atoms with Crippen LogP contribution in [0.2, 0.25) is 0 Å². The van der Waals surface area contributed by atoms with Gasteiger partial charge in [-0.15, -0.1) is 0 Å². The fourth-order valence-corrected chi connectivity index (χ4v) is 2.31. The van der Waals surface area contributed by atoms with Gasteiger partial charge in [0.1, 0.15) is 5.75 Å². The van der Waals surface area contributed by atoms with Crippen molar-refractivity contribution in [2.45, 2.75) is 19.4 Å². The molecule has 1 aromatic carbocycles. The molecule has 0 spiro atoms. The van der Waals surface area contributed by atoms with Crippen LogP contribution in [0.5, 0.6) is 5.75 Å². The summed E-state index contributed by atoms with van der Waals surface area (Å²) in [7, 11) is 1.54. The van der Waals surface area contributed by atoms with E-state index in [1.54, 1.807) is 12.1 Å². The van der Waals surface area contributed by atoms with Gasteiger partial charge in [-0.25, -0.2) is 0 Å². The lowest BCUT2D eigenvalue weighted by atomic mass is 10.0. The standard InChI is InChI=1S/C18H21N3O4/c1-3-14(21-18(24)12-8-9-16(22)20-10-12)13-6-4-5-7-15(13)25-11-17(23)19-2/h4-10,14H,3,11H2,1-2H3,(H,19,23)(H,20,22)(H,21,24)/t14-/m0/s1. The lowest BCUT2D eigenvalue weighted by molar-refractivity contribution is -0.122. The second kappa shape index (κ2) is 8.68. The molecule has 0 saturated carbocycles. The Morgan fingerprint density at radius 1 is 1.20 bits per heavy atom. The monoisotopic (exact) mass is 343 g/mol. The van der Waals surface area contributed by atoms with E-state index in [0.29, 0.717) is 17.7 Å². The zero-order valence-electron chi connectivity index (χ0n) is 14.2. The molecule has 2 rings (SSSR count). The zero-order valence-corrected chi connectivity index (χ0v) is 14.2. The number of H-pyrrole nitrogens is 1. The maximum Gasteiger partial charge on any atom is 0.257 e. The number of carbonyl (C=O) groups is 2. The van der Waals surface area contributed by atoms with E-state index in [0.717, 1.165) is 5.56 Å². The van der Waals surface area contributed by atoms with Crippen LogP contribution in [0.1, 0.15) is 35.3 Å². The number of para-hydroxylation sites is 1. The fraction of sp³-hybridized carbons (Fsp3) is 0.278. The third-order valence-corrected chi connectivity index (χ3v) is 3.69. The average Bonchev–Trinajstić information content (AvgIpc) is 2.64. The molecule has 0 aliphatic rings. The molecule has 2 aromatic rings. The number of ether oxygens (including phenoxy) is 1. The van der Waals surface area contributed by atoms with Crippen LogP contribution in [0.3, 0.4) is 0 Å². The SMILES string of the molecule is CC[C@H](NC(=O)c1ccc(=O)[nH]c1)c1ccccc1OCC(=O)NC. The van der Waals surface area contributed by atoms with E-state index in [1.165, 1.54) is 25.4 Å². The Bertz CT molecular complexity index is 780. The van der Waals surface area contributed by atoms with Crippen LogP contribution in [0, 0.1) is 0 Å². The number of nitrogens with one attached hydrogen (secondary N) is 3. The van der Waals surface area contributed by atoms with Gasteiger partial charge in [0, 0.05) is 24.9 Å². The molecule has 2 amide bonds. The van der Waals surface area contributed by atoms with Crippen molar-refractivity contribution in [3.8, 4) is 5.75 Å². The van der Waals surface area contributed by atoms with Crippen molar-refractivity contribution in [2.75, 3.05) is 13.7 Å². The molecule has 1 atom stereocenters. The average molecular weight is 343 g/mol. The molecular weight excluding hydrogens is 322 g/mol. The summed E-state index contributed by atoms with van der Waals surface area (Å²) in [6.07, 6.45) is 2.01. The number of aromatic nitrogens is 1. The third kappa shape index (κ3) is 4.94. The highest BCUT2D eigenvalue weighted by atomic mass is 16.5. The highest BCUT2D eigenvalue weighted by Crippen LogP contribution is 2.27. The number of benzene rings is 1. The topological polar surface area (TPSA) is 100 Å². The Morgan fingerprint density at radius 2 is 1.96 bits per heavy atom. The summed E-state index contributed by atoms with van der Waals surface area (Å²) < 4.78 is 5.56. The van der Waals surface area contributed by atoms with E-state index in [4.69, 9.17) is 4.74 Å². The van der Waals surface area contributed by atoms with Gasteiger partial charge in [-0.1, -0.05) is 25.1 Å². The van der Waals surface area contributed by atoms with E-state index in [-0.39, 0.29) is 30.0 Å². The van der Waals surface area contributed by atoms with Crippen LogP contribution in [-0.4, -0.2) is 30.5 Å². The zero-order chi connectivity index (χ0) is 18.2. The molecule has 0 aliphatic carbocycles. The molecule has 0 radical (unpaired) electrons. The summed E-state index contributed by atoms with van der Waals surface area (Å²) in [5.74, 6) is 0.00375. The van der Waals surface area contributed by atoms with Crippen molar-refractivity contribution in [3.05, 3.63) is 64.1 Å². The minimum atomic E-state index is -0.302. The molecule has 0 unspecified atom stereocenters.